The summed E-state index contributed by atoms with van der Waals surface area (Å²) in [6.45, 7) is 80.4. The molecule has 0 aromatic carbocycles. The van der Waals surface area contributed by atoms with Gasteiger partial charge >= 0.3 is 0 Å². The first-order chi connectivity index (χ1) is 30.5. The smallest absolute Gasteiger partial charge is 0.251 e. The van der Waals surface area contributed by atoms with Gasteiger partial charge in [-0.15, -0.1) is 0 Å². The molecular formula is C67H142N6O. The van der Waals surface area contributed by atoms with E-state index in [1.165, 1.54) is 78.2 Å². The molecule has 3 fully saturated rings. The highest BCUT2D eigenvalue weighted by atomic mass is 16.1. The topological polar surface area (TPSA) is 38.2 Å². The lowest BCUT2D eigenvalue weighted by molar-refractivity contribution is -0.0345. The predicted molar refractivity (Wildman–Crippen MR) is 342 cm³/mol. The van der Waals surface area contributed by atoms with Crippen LogP contribution in [0.15, 0.2) is 34.8 Å². The monoisotopic (exact) mass is 1050 g/mol. The second-order valence-electron chi connectivity index (χ2n) is 31.6. The summed E-state index contributed by atoms with van der Waals surface area (Å²) in [5, 5.41) is 0. The molecule has 0 radical (unpaired) electrons. The van der Waals surface area contributed by atoms with Crippen molar-refractivity contribution in [2.24, 2.45) is 28.1 Å². The van der Waals surface area contributed by atoms with Crippen molar-refractivity contribution in [3.8, 4) is 0 Å². The number of hydrogen-bond donors (Lipinski definition) is 0. The molecule has 0 amide bonds. The molecule has 1 aromatic rings. The molecule has 0 unspecified atom stereocenters. The molecule has 4 aliphatic rings. The summed E-state index contributed by atoms with van der Waals surface area (Å²) in [5.41, 5.74) is 5.79. The van der Waals surface area contributed by atoms with Crippen LogP contribution in [0.4, 0.5) is 0 Å². The lowest BCUT2D eigenvalue weighted by Gasteiger charge is -2.52. The van der Waals surface area contributed by atoms with Gasteiger partial charge in [0.1, 0.15) is 0 Å². The van der Waals surface area contributed by atoms with Gasteiger partial charge in [0.15, 0.2) is 0 Å². The molecule has 4 aliphatic heterocycles. The number of hydrogen-bond acceptors (Lipinski definition) is 6. The van der Waals surface area contributed by atoms with Crippen LogP contribution in [0.1, 0.15) is 270 Å². The molecule has 7 nitrogen and oxygen atoms in total. The zero-order valence-electron chi connectivity index (χ0n) is 52.2. The van der Waals surface area contributed by atoms with Gasteiger partial charge in [-0.2, -0.15) is 0 Å². The van der Waals surface area contributed by atoms with Crippen LogP contribution in [-0.2, 0) is 11.0 Å². The molecular weight excluding hydrogens is 905 g/mol. The van der Waals surface area contributed by atoms with Crippen LogP contribution in [0, 0.1) is 28.1 Å². The van der Waals surface area contributed by atoms with Crippen molar-refractivity contribution in [1.29, 1.82) is 0 Å². The zero-order valence-corrected chi connectivity index (χ0v) is 52.2. The Labute approximate surface area is 469 Å². The van der Waals surface area contributed by atoms with Gasteiger partial charge in [0.25, 0.3) is 5.56 Å². The summed E-state index contributed by atoms with van der Waals surface area (Å²) >= 11 is 0. The highest BCUT2D eigenvalue weighted by Crippen LogP contribution is 2.38. The third kappa shape index (κ3) is 28.4. The van der Waals surface area contributed by atoms with E-state index in [-0.39, 0.29) is 53.6 Å². The number of rotatable bonds is 0. The summed E-state index contributed by atoms with van der Waals surface area (Å²) in [7, 11) is 0. The molecule has 5 rings (SSSR count). The third-order valence-electron chi connectivity index (χ3n) is 15.5. The molecule has 7 heteroatoms. The first-order valence-corrected chi connectivity index (χ1v) is 27.7. The maximum absolute atomic E-state index is 11.9. The molecule has 0 aliphatic carbocycles. The van der Waals surface area contributed by atoms with Gasteiger partial charge in [-0.05, 0) is 202 Å². The summed E-state index contributed by atoms with van der Waals surface area (Å²) in [6, 6.07) is 3.78. The average molecular weight is 1050 g/mol. The molecule has 0 spiro atoms. The Morgan fingerprint density at radius 1 is 0.392 bits per heavy atom. The van der Waals surface area contributed by atoms with E-state index in [0.29, 0.717) is 43.9 Å². The van der Waals surface area contributed by atoms with Crippen molar-refractivity contribution in [2.45, 2.75) is 303 Å². The van der Waals surface area contributed by atoms with Crippen LogP contribution in [-0.4, -0.2) is 122 Å². The third-order valence-corrected chi connectivity index (χ3v) is 15.5. The van der Waals surface area contributed by atoms with E-state index in [9.17, 15) is 4.79 Å². The Balaban J connectivity index is -0.000000264. The number of likely N-dealkylation sites (tertiary alicyclic amines) is 2. The highest BCUT2D eigenvalue weighted by Gasteiger charge is 2.40. The molecule has 0 atom stereocenters. The predicted octanol–water partition coefficient (Wildman–Crippen LogP) is 18.1. The quantitative estimate of drug-likeness (QED) is 0.241. The second-order valence-corrected chi connectivity index (χ2v) is 31.6. The maximum Gasteiger partial charge on any atom is 0.251 e. The van der Waals surface area contributed by atoms with E-state index in [1.54, 1.807) is 16.2 Å². The number of aromatic nitrogens is 1. The number of piperidine rings is 1. The lowest BCUT2D eigenvalue weighted by atomic mass is 9.74. The van der Waals surface area contributed by atoms with Crippen molar-refractivity contribution in [3.63, 3.8) is 0 Å². The standard InChI is InChI=1S/C13H21NO.C13H27N.C13H25N.C12H26N2.C11H23N.5CH4/c1-12(2,3)10-7-8-14(11(15)9-10)13(4,5)6;2*1-12(2,3)11-7-9-14(10-8-11)13(4,5)6;1-11(2,3)13-7-9-14(10-8-13)12(4,5)6;1-10(2,3)9-7-12(8-9)11(4,5)6;;;;;/h7-9H,1-6H3;11H,7-10H2,1-6H3;7H,8-10H2,1-6H3;7-10H2,1-6H3;9H,7-8H2,1-6H3;5*1H4. The summed E-state index contributed by atoms with van der Waals surface area (Å²) in [6.07, 6.45) is 8.31. The fraction of sp³-hybridized carbons (Fsp3) is 0.896. The largest absolute Gasteiger partial charge is 0.310 e. The fourth-order valence-electron chi connectivity index (χ4n) is 9.50. The van der Waals surface area contributed by atoms with Gasteiger partial charge in [-0.25, -0.2) is 0 Å². The minimum Gasteiger partial charge on any atom is -0.310 e. The van der Waals surface area contributed by atoms with Gasteiger partial charge in [-0.3, -0.25) is 29.3 Å². The molecule has 0 saturated carbocycles. The highest BCUT2D eigenvalue weighted by molar-refractivity contribution is 5.20. The Bertz CT molecular complexity index is 1620. The molecule has 5 heterocycles. The molecule has 1 aromatic heterocycles. The molecule has 3 saturated heterocycles. The van der Waals surface area contributed by atoms with Gasteiger partial charge in [0, 0.05) is 97.9 Å². The van der Waals surface area contributed by atoms with Crippen LogP contribution in [0.2, 0.25) is 0 Å². The van der Waals surface area contributed by atoms with E-state index in [0.717, 1.165) is 23.9 Å². The summed E-state index contributed by atoms with van der Waals surface area (Å²) in [5.74, 6) is 1.82. The fourth-order valence-corrected chi connectivity index (χ4v) is 9.50. The Hall–Kier alpha value is -1.51. The second kappa shape index (κ2) is 30.2. The Kier molecular flexibility index (Phi) is 33.2. The summed E-state index contributed by atoms with van der Waals surface area (Å²) < 4.78 is 1.77. The van der Waals surface area contributed by atoms with E-state index in [2.05, 4.69) is 218 Å². The van der Waals surface area contributed by atoms with Gasteiger partial charge in [-0.1, -0.05) is 132 Å². The van der Waals surface area contributed by atoms with E-state index < -0.39 is 0 Å². The van der Waals surface area contributed by atoms with Crippen molar-refractivity contribution < 1.29 is 0 Å². The van der Waals surface area contributed by atoms with E-state index in [4.69, 9.17) is 0 Å². The van der Waals surface area contributed by atoms with E-state index in [1.807, 2.05) is 33.0 Å². The molecule has 0 N–H and O–H groups in total. The van der Waals surface area contributed by atoms with Crippen molar-refractivity contribution in [2.75, 3.05) is 65.4 Å². The zero-order chi connectivity index (χ0) is 54.4. The van der Waals surface area contributed by atoms with Crippen LogP contribution in [0.5, 0.6) is 0 Å². The molecule has 446 valence electrons. The normalized spacial score (nSPS) is 18.8. The number of pyridine rings is 1. The SMILES string of the molecule is C.C.C.C.C.CC(C)(C)C1=CCN(C(C)(C)C)CC1.CC(C)(C)C1CCN(C(C)(C)C)CC1.CC(C)(C)C1CN(C(C)(C)C)C1.CC(C)(C)N1CCN(C(C)(C)C)CC1.CC(C)(C)c1ccn(C(C)(C)C)c(=O)c1. The minimum atomic E-state index is -0.145. The van der Waals surface area contributed by atoms with Crippen LogP contribution < -0.4 is 5.56 Å². The van der Waals surface area contributed by atoms with Gasteiger partial charge in [0.05, 0.1) is 0 Å². The lowest BCUT2D eigenvalue weighted by Crippen LogP contribution is -2.59. The van der Waals surface area contributed by atoms with Gasteiger partial charge in [0.2, 0.25) is 0 Å². The average Bonchev–Trinajstić information content (AvgIpc) is 3.11. The number of piperazine rings is 1. The minimum absolute atomic E-state index is 0. The van der Waals surface area contributed by atoms with E-state index >= 15 is 0 Å². The van der Waals surface area contributed by atoms with Crippen molar-refractivity contribution >= 4 is 0 Å². The molecule has 74 heavy (non-hydrogen) atoms. The van der Waals surface area contributed by atoms with Crippen LogP contribution in [0.3, 0.4) is 0 Å². The first kappa shape index (κ1) is 81.3. The van der Waals surface area contributed by atoms with Gasteiger partial charge < -0.3 is 4.57 Å². The summed E-state index contributed by atoms with van der Waals surface area (Å²) in [4.78, 5) is 24.8. The van der Waals surface area contributed by atoms with Crippen molar-refractivity contribution in [3.05, 3.63) is 45.9 Å². The maximum atomic E-state index is 11.9. The van der Waals surface area contributed by atoms with Crippen LogP contribution in [0.25, 0.3) is 0 Å². The Morgan fingerprint density at radius 2 is 0.730 bits per heavy atom. The number of nitrogens with zero attached hydrogens (tertiary/aromatic N) is 6. The van der Waals surface area contributed by atoms with Crippen molar-refractivity contribution in [1.82, 2.24) is 29.1 Å². The van der Waals surface area contributed by atoms with Crippen LogP contribution >= 0.6 is 0 Å². The first-order valence-electron chi connectivity index (χ1n) is 27.7. The Morgan fingerprint density at radius 3 is 0.973 bits per heavy atom. The molecule has 0 bridgehead atoms.